The lowest BCUT2D eigenvalue weighted by atomic mass is 10.0. The van der Waals surface area contributed by atoms with Crippen LogP contribution in [0, 0.1) is 0 Å². The monoisotopic (exact) mass is 388 g/mol. The number of rotatable bonds is 6. The molecule has 8 heteroatoms. The molecule has 0 radical (unpaired) electrons. The van der Waals surface area contributed by atoms with Crippen LogP contribution in [0.5, 0.6) is 0 Å². The summed E-state index contributed by atoms with van der Waals surface area (Å²) in [6.07, 6.45) is 5.16. The topological polar surface area (TPSA) is 101 Å². The Morgan fingerprint density at radius 3 is 2.37 bits per heavy atom. The Labute approximate surface area is 159 Å². The van der Waals surface area contributed by atoms with E-state index >= 15 is 0 Å². The standard InChI is InChI=1S/C19H24N4O3S/c1-3-13-6-5-7-14(4-2)18(13)23-17-11-20-16(10-21-17)19(24)22-15-8-9-27(25,26)12-15/h5-7,10-11,15H,3-4,8-9,12H2,1-2H3,(H,21,23)(H,22,24). The second-order valence-electron chi connectivity index (χ2n) is 6.64. The molecular weight excluding hydrogens is 364 g/mol. The van der Waals surface area contributed by atoms with Crippen LogP contribution in [-0.4, -0.2) is 41.8 Å². The van der Waals surface area contributed by atoms with Gasteiger partial charge in [0.2, 0.25) is 0 Å². The summed E-state index contributed by atoms with van der Waals surface area (Å²) in [4.78, 5) is 20.7. The van der Waals surface area contributed by atoms with Gasteiger partial charge in [0.1, 0.15) is 11.5 Å². The number of benzene rings is 1. The normalized spacial score (nSPS) is 18.2. The summed E-state index contributed by atoms with van der Waals surface area (Å²) >= 11 is 0. The van der Waals surface area contributed by atoms with E-state index in [0.29, 0.717) is 12.2 Å². The summed E-state index contributed by atoms with van der Waals surface area (Å²) in [5.74, 6) is 0.257. The molecule has 0 bridgehead atoms. The largest absolute Gasteiger partial charge is 0.347 e. The maximum absolute atomic E-state index is 12.3. The first-order valence-electron chi connectivity index (χ1n) is 9.13. The van der Waals surface area contributed by atoms with Gasteiger partial charge in [0, 0.05) is 11.7 Å². The lowest BCUT2D eigenvalue weighted by molar-refractivity contribution is 0.0935. The molecular formula is C19H24N4O3S. The van der Waals surface area contributed by atoms with Gasteiger partial charge < -0.3 is 10.6 Å². The lowest BCUT2D eigenvalue weighted by Crippen LogP contribution is -2.36. The predicted octanol–water partition coefficient (Wildman–Crippen LogP) is 2.26. The number of carbonyl (C=O) groups is 1. The van der Waals surface area contributed by atoms with Crippen molar-refractivity contribution in [1.82, 2.24) is 15.3 Å². The molecule has 1 aliphatic rings. The highest BCUT2D eigenvalue weighted by atomic mass is 32.2. The molecule has 0 spiro atoms. The van der Waals surface area contributed by atoms with Crippen molar-refractivity contribution in [3.05, 3.63) is 47.4 Å². The predicted molar refractivity (Wildman–Crippen MR) is 105 cm³/mol. The molecule has 1 aromatic heterocycles. The molecule has 1 aromatic carbocycles. The maximum atomic E-state index is 12.3. The Bertz CT molecular complexity index is 904. The number of amides is 1. The van der Waals surface area contributed by atoms with Crippen LogP contribution in [0.4, 0.5) is 11.5 Å². The van der Waals surface area contributed by atoms with E-state index in [0.717, 1.165) is 18.5 Å². The van der Waals surface area contributed by atoms with Gasteiger partial charge in [0.15, 0.2) is 9.84 Å². The highest BCUT2D eigenvalue weighted by molar-refractivity contribution is 7.91. The summed E-state index contributed by atoms with van der Waals surface area (Å²) in [6.45, 7) is 4.20. The highest BCUT2D eigenvalue weighted by Crippen LogP contribution is 2.25. The third kappa shape index (κ3) is 4.63. The van der Waals surface area contributed by atoms with Crippen molar-refractivity contribution in [1.29, 1.82) is 0 Å². The van der Waals surface area contributed by atoms with Gasteiger partial charge in [-0.25, -0.2) is 18.4 Å². The van der Waals surface area contributed by atoms with E-state index in [9.17, 15) is 13.2 Å². The van der Waals surface area contributed by atoms with Crippen LogP contribution in [0.25, 0.3) is 0 Å². The third-order valence-electron chi connectivity index (χ3n) is 4.70. The molecule has 0 saturated carbocycles. The minimum Gasteiger partial charge on any atom is -0.347 e. The van der Waals surface area contributed by atoms with Gasteiger partial charge in [-0.2, -0.15) is 0 Å². The number of aromatic nitrogens is 2. The summed E-state index contributed by atoms with van der Waals surface area (Å²) in [7, 11) is -3.04. The SMILES string of the molecule is CCc1cccc(CC)c1Nc1cnc(C(=O)NC2CCS(=O)(=O)C2)cn1. The molecule has 1 aliphatic heterocycles. The molecule has 1 saturated heterocycles. The van der Waals surface area contributed by atoms with E-state index in [1.807, 2.05) is 6.07 Å². The molecule has 2 heterocycles. The Balaban J connectivity index is 1.70. The Hall–Kier alpha value is -2.48. The van der Waals surface area contributed by atoms with Gasteiger partial charge in [0.05, 0.1) is 23.9 Å². The first kappa shape index (κ1) is 19.3. The van der Waals surface area contributed by atoms with Gasteiger partial charge in [0.25, 0.3) is 5.91 Å². The van der Waals surface area contributed by atoms with E-state index in [4.69, 9.17) is 0 Å². The van der Waals surface area contributed by atoms with Crippen molar-refractivity contribution in [3.8, 4) is 0 Å². The first-order valence-corrected chi connectivity index (χ1v) is 10.9. The van der Waals surface area contributed by atoms with Gasteiger partial charge >= 0.3 is 0 Å². The van der Waals surface area contributed by atoms with E-state index < -0.39 is 15.7 Å². The zero-order valence-corrected chi connectivity index (χ0v) is 16.3. The molecule has 7 nitrogen and oxygen atoms in total. The zero-order chi connectivity index (χ0) is 19.4. The van der Waals surface area contributed by atoms with Crippen LogP contribution in [0.15, 0.2) is 30.6 Å². The van der Waals surface area contributed by atoms with Gasteiger partial charge in [-0.3, -0.25) is 4.79 Å². The van der Waals surface area contributed by atoms with Crippen molar-refractivity contribution in [2.45, 2.75) is 39.2 Å². The Morgan fingerprint density at radius 1 is 1.15 bits per heavy atom. The lowest BCUT2D eigenvalue weighted by Gasteiger charge is -2.15. The summed E-state index contributed by atoms with van der Waals surface area (Å²) in [6, 6.07) is 5.84. The number of nitrogens with zero attached hydrogens (tertiary/aromatic N) is 2. The second-order valence-corrected chi connectivity index (χ2v) is 8.87. The minimum atomic E-state index is -3.04. The van der Waals surface area contributed by atoms with E-state index in [1.54, 1.807) is 0 Å². The van der Waals surface area contributed by atoms with Crippen molar-refractivity contribution in [2.75, 3.05) is 16.8 Å². The molecule has 0 aliphatic carbocycles. The smallest absolute Gasteiger partial charge is 0.271 e. The van der Waals surface area contributed by atoms with Crippen LogP contribution < -0.4 is 10.6 Å². The summed E-state index contributed by atoms with van der Waals surface area (Å²) in [5.41, 5.74) is 3.59. The average Bonchev–Trinajstić information content (AvgIpc) is 3.00. The van der Waals surface area contributed by atoms with E-state index in [-0.39, 0.29) is 23.2 Å². The molecule has 2 aromatic rings. The van der Waals surface area contributed by atoms with Crippen molar-refractivity contribution in [3.63, 3.8) is 0 Å². The molecule has 1 unspecified atom stereocenters. The highest BCUT2D eigenvalue weighted by Gasteiger charge is 2.29. The summed E-state index contributed by atoms with van der Waals surface area (Å²) in [5, 5.41) is 6.02. The number of carbonyl (C=O) groups excluding carboxylic acids is 1. The van der Waals surface area contributed by atoms with Crippen LogP contribution in [-0.2, 0) is 22.7 Å². The third-order valence-corrected chi connectivity index (χ3v) is 6.47. The fraction of sp³-hybridized carbons (Fsp3) is 0.421. The Morgan fingerprint density at radius 2 is 1.85 bits per heavy atom. The quantitative estimate of drug-likeness (QED) is 0.787. The summed E-state index contributed by atoms with van der Waals surface area (Å²) < 4.78 is 23.0. The van der Waals surface area contributed by atoms with Crippen LogP contribution in [0.2, 0.25) is 0 Å². The Kier molecular flexibility index (Phi) is 5.74. The van der Waals surface area contributed by atoms with Crippen molar-refractivity contribution < 1.29 is 13.2 Å². The van der Waals surface area contributed by atoms with Gasteiger partial charge in [-0.15, -0.1) is 0 Å². The molecule has 27 heavy (non-hydrogen) atoms. The number of hydrogen-bond donors (Lipinski definition) is 2. The second kappa shape index (κ2) is 8.04. The van der Waals surface area contributed by atoms with Gasteiger partial charge in [-0.1, -0.05) is 32.0 Å². The van der Waals surface area contributed by atoms with Crippen LogP contribution >= 0.6 is 0 Å². The van der Waals surface area contributed by atoms with Crippen molar-refractivity contribution >= 4 is 27.2 Å². The van der Waals surface area contributed by atoms with E-state index in [1.165, 1.54) is 23.5 Å². The molecule has 1 atom stereocenters. The van der Waals surface area contributed by atoms with Crippen molar-refractivity contribution in [2.24, 2.45) is 0 Å². The fourth-order valence-corrected chi connectivity index (χ4v) is 4.88. The minimum absolute atomic E-state index is 0.0145. The number of anilines is 2. The fourth-order valence-electron chi connectivity index (χ4n) is 3.21. The maximum Gasteiger partial charge on any atom is 0.271 e. The van der Waals surface area contributed by atoms with Gasteiger partial charge in [-0.05, 0) is 30.4 Å². The number of aryl methyl sites for hydroxylation is 2. The molecule has 144 valence electrons. The number of nitrogens with one attached hydrogen (secondary N) is 2. The van der Waals surface area contributed by atoms with Crippen LogP contribution in [0.1, 0.15) is 41.9 Å². The molecule has 2 N–H and O–H groups in total. The number of hydrogen-bond acceptors (Lipinski definition) is 6. The number of sulfone groups is 1. The molecule has 3 rings (SSSR count). The molecule has 1 amide bonds. The van der Waals surface area contributed by atoms with E-state index in [2.05, 4.69) is 46.6 Å². The zero-order valence-electron chi connectivity index (χ0n) is 15.5. The molecule has 1 fully saturated rings. The first-order chi connectivity index (χ1) is 12.9. The average molecular weight is 388 g/mol. The van der Waals surface area contributed by atoms with Crippen LogP contribution in [0.3, 0.4) is 0 Å². The number of para-hydroxylation sites is 1.